The number of aldehydes is 1. The average Bonchev–Trinajstić information content (AvgIpc) is 2.43. The van der Waals surface area contributed by atoms with Crippen LogP contribution < -0.4 is 0 Å². The number of Topliss-reactive ketones (excluding diaryl/α,β-unsaturated/α-hetero) is 1. The van der Waals surface area contributed by atoms with Gasteiger partial charge in [-0.15, -0.1) is 0 Å². The molecule has 20 heavy (non-hydrogen) atoms. The van der Waals surface area contributed by atoms with Gasteiger partial charge in [-0.05, 0) is 24.6 Å². The van der Waals surface area contributed by atoms with Crippen molar-refractivity contribution in [2.45, 2.75) is 13.3 Å². The first-order valence-corrected chi connectivity index (χ1v) is 6.88. The fourth-order valence-corrected chi connectivity index (χ4v) is 2.06. The van der Waals surface area contributed by atoms with Gasteiger partial charge < -0.3 is 4.74 Å². The zero-order chi connectivity index (χ0) is 15.1. The minimum Gasteiger partial charge on any atom is -0.466 e. The van der Waals surface area contributed by atoms with Crippen LogP contribution in [0.15, 0.2) is 40.9 Å². The van der Waals surface area contributed by atoms with Crippen LogP contribution in [0.3, 0.4) is 0 Å². The number of carbonyl (C=O) groups excluding carboxylic acids is 3. The van der Waals surface area contributed by atoms with E-state index in [0.29, 0.717) is 11.8 Å². The van der Waals surface area contributed by atoms with Gasteiger partial charge >= 0.3 is 5.97 Å². The molecule has 0 bridgehead atoms. The highest BCUT2D eigenvalue weighted by atomic mass is 79.9. The number of halogens is 1. The van der Waals surface area contributed by atoms with Crippen molar-refractivity contribution in [2.24, 2.45) is 5.92 Å². The number of carbonyl (C=O) groups is 3. The van der Waals surface area contributed by atoms with Crippen molar-refractivity contribution in [2.75, 3.05) is 6.61 Å². The Morgan fingerprint density at radius 2 is 2.15 bits per heavy atom. The molecule has 4 nitrogen and oxygen atoms in total. The lowest BCUT2D eigenvalue weighted by atomic mass is 9.93. The number of hydrogen-bond acceptors (Lipinski definition) is 4. The number of hydrogen-bond donors (Lipinski definition) is 0. The van der Waals surface area contributed by atoms with Gasteiger partial charge in [-0.3, -0.25) is 14.4 Å². The summed E-state index contributed by atoms with van der Waals surface area (Å²) in [5.41, 5.74) is 0.513. The lowest BCUT2D eigenvalue weighted by Gasteiger charge is -2.14. The van der Waals surface area contributed by atoms with Crippen LogP contribution in [0.25, 0.3) is 0 Å². The maximum atomic E-state index is 12.2. The Balaban J connectivity index is 2.89. The Kier molecular flexibility index (Phi) is 6.31. The third-order valence-corrected chi connectivity index (χ3v) is 3.20. The molecule has 1 atom stereocenters. The highest BCUT2D eigenvalue weighted by Gasteiger charge is 2.26. The van der Waals surface area contributed by atoms with Gasteiger partial charge in [-0.1, -0.05) is 34.6 Å². The van der Waals surface area contributed by atoms with Crippen molar-refractivity contribution in [1.82, 2.24) is 0 Å². The number of ketones is 1. The van der Waals surface area contributed by atoms with Crippen LogP contribution in [0.5, 0.6) is 0 Å². The monoisotopic (exact) mass is 338 g/mol. The first-order valence-electron chi connectivity index (χ1n) is 6.09. The molecule has 1 aromatic carbocycles. The summed E-state index contributed by atoms with van der Waals surface area (Å²) in [5, 5.41) is 0. The molecule has 1 rings (SSSR count). The summed E-state index contributed by atoms with van der Waals surface area (Å²) < 4.78 is 5.64. The highest BCUT2D eigenvalue weighted by molar-refractivity contribution is 9.10. The lowest BCUT2D eigenvalue weighted by molar-refractivity contribution is -0.147. The first kappa shape index (κ1) is 16.3. The second-order valence-electron chi connectivity index (χ2n) is 4.14. The van der Waals surface area contributed by atoms with Crippen molar-refractivity contribution < 1.29 is 19.1 Å². The van der Waals surface area contributed by atoms with Gasteiger partial charge in [0, 0.05) is 16.5 Å². The Labute approximate surface area is 125 Å². The second kappa shape index (κ2) is 7.75. The smallest absolute Gasteiger partial charge is 0.313 e. The molecule has 0 N–H and O–H groups in total. The third-order valence-electron chi connectivity index (χ3n) is 2.71. The summed E-state index contributed by atoms with van der Waals surface area (Å²) in [6, 6.07) is 6.84. The summed E-state index contributed by atoms with van der Waals surface area (Å²) in [6.07, 6.45) is 0.350. The van der Waals surface area contributed by atoms with Crippen molar-refractivity contribution in [3.05, 3.63) is 46.5 Å². The number of rotatable bonds is 7. The van der Waals surface area contributed by atoms with Crippen LogP contribution in [0, 0.1) is 5.92 Å². The van der Waals surface area contributed by atoms with Gasteiger partial charge in [0.05, 0.1) is 12.5 Å². The molecule has 0 aliphatic carbocycles. The Bertz CT molecular complexity index is 536. The van der Waals surface area contributed by atoms with E-state index >= 15 is 0 Å². The third kappa shape index (κ3) is 4.42. The summed E-state index contributed by atoms with van der Waals surface area (Å²) in [6.45, 7) is 5.36. The summed E-state index contributed by atoms with van der Waals surface area (Å²) in [5.74, 6) is -1.78. The van der Waals surface area contributed by atoms with E-state index < -0.39 is 11.9 Å². The van der Waals surface area contributed by atoms with Crippen molar-refractivity contribution >= 4 is 34.0 Å². The molecule has 0 heterocycles. The molecule has 0 aliphatic heterocycles. The van der Waals surface area contributed by atoms with E-state index in [1.54, 1.807) is 31.2 Å². The number of ether oxygens (including phenoxy) is 1. The quantitative estimate of drug-likeness (QED) is 0.332. The number of esters is 1. The molecule has 0 spiro atoms. The van der Waals surface area contributed by atoms with E-state index in [9.17, 15) is 14.4 Å². The minimum atomic E-state index is -0.932. The molecule has 0 radical (unpaired) electrons. The molecule has 0 saturated carbocycles. The van der Waals surface area contributed by atoms with E-state index in [-0.39, 0.29) is 24.4 Å². The van der Waals surface area contributed by atoms with Crippen LogP contribution in [0.4, 0.5) is 0 Å². The minimum absolute atomic E-state index is 0.0480. The van der Waals surface area contributed by atoms with E-state index in [2.05, 4.69) is 22.5 Å². The predicted octanol–water partition coefficient (Wildman–Crippen LogP) is 2.96. The largest absolute Gasteiger partial charge is 0.466 e. The molecular weight excluding hydrogens is 324 g/mol. The van der Waals surface area contributed by atoms with Gasteiger partial charge in [0.1, 0.15) is 6.29 Å². The molecule has 106 valence electrons. The molecule has 0 aliphatic rings. The number of benzene rings is 1. The van der Waals surface area contributed by atoms with Crippen LogP contribution in [-0.2, 0) is 14.3 Å². The summed E-state index contributed by atoms with van der Waals surface area (Å²) >= 11 is 3.28. The first-order chi connectivity index (χ1) is 9.49. The van der Waals surface area contributed by atoms with Crippen LogP contribution >= 0.6 is 15.9 Å². The standard InChI is InChI=1S/C15H15BrO4/c1-3-20-15(19)13(10(2)9-17)8-14(18)11-5-4-6-12(16)7-11/h4-7,9,13H,2-3,8H2,1H3. The normalized spacial score (nSPS) is 11.5. The molecule has 0 fully saturated rings. The van der Waals surface area contributed by atoms with Crippen molar-refractivity contribution in [3.63, 3.8) is 0 Å². The molecule has 0 saturated heterocycles. The Morgan fingerprint density at radius 1 is 1.45 bits per heavy atom. The van der Waals surface area contributed by atoms with E-state index in [1.807, 2.05) is 0 Å². The highest BCUT2D eigenvalue weighted by Crippen LogP contribution is 2.19. The molecule has 5 heteroatoms. The topological polar surface area (TPSA) is 60.4 Å². The summed E-state index contributed by atoms with van der Waals surface area (Å²) in [7, 11) is 0. The van der Waals surface area contributed by atoms with Crippen LogP contribution in [0.1, 0.15) is 23.7 Å². The van der Waals surface area contributed by atoms with E-state index in [4.69, 9.17) is 4.74 Å². The zero-order valence-electron chi connectivity index (χ0n) is 11.1. The van der Waals surface area contributed by atoms with Gasteiger partial charge in [0.25, 0.3) is 0 Å². The van der Waals surface area contributed by atoms with Crippen LogP contribution in [0.2, 0.25) is 0 Å². The second-order valence-corrected chi connectivity index (χ2v) is 5.05. The molecule has 1 aromatic rings. The van der Waals surface area contributed by atoms with E-state index in [1.165, 1.54) is 0 Å². The molecular formula is C15H15BrO4. The van der Waals surface area contributed by atoms with E-state index in [0.717, 1.165) is 4.47 Å². The molecule has 0 amide bonds. The van der Waals surface area contributed by atoms with Gasteiger partial charge in [0.15, 0.2) is 5.78 Å². The SMILES string of the molecule is C=C(C=O)C(CC(=O)c1cccc(Br)c1)C(=O)OCC. The fraction of sp³-hybridized carbons (Fsp3) is 0.267. The van der Waals surface area contributed by atoms with Gasteiger partial charge in [-0.25, -0.2) is 0 Å². The Morgan fingerprint density at radius 3 is 2.70 bits per heavy atom. The fourth-order valence-electron chi connectivity index (χ4n) is 1.66. The zero-order valence-corrected chi connectivity index (χ0v) is 12.7. The Hall–Kier alpha value is -1.75. The van der Waals surface area contributed by atoms with Gasteiger partial charge in [-0.2, -0.15) is 0 Å². The summed E-state index contributed by atoms with van der Waals surface area (Å²) in [4.78, 5) is 34.7. The maximum Gasteiger partial charge on any atom is 0.313 e. The predicted molar refractivity (Wildman–Crippen MR) is 78.4 cm³/mol. The maximum absolute atomic E-state index is 12.2. The van der Waals surface area contributed by atoms with Crippen LogP contribution in [-0.4, -0.2) is 24.6 Å². The lowest BCUT2D eigenvalue weighted by Crippen LogP contribution is -2.23. The molecule has 1 unspecified atom stereocenters. The van der Waals surface area contributed by atoms with Crippen molar-refractivity contribution in [1.29, 1.82) is 0 Å². The average molecular weight is 339 g/mol. The van der Waals surface area contributed by atoms with Crippen molar-refractivity contribution in [3.8, 4) is 0 Å². The van der Waals surface area contributed by atoms with Gasteiger partial charge in [0.2, 0.25) is 0 Å². The molecule has 0 aromatic heterocycles.